The molecule has 9 heteroatoms. The Balaban J connectivity index is 1.53. The number of nitrogens with two attached hydrogens (primary N) is 3. The minimum atomic E-state index is 0.0729. The number of nitrogens with one attached hydrogen (secondary N) is 1. The Morgan fingerprint density at radius 3 is 2.52 bits per heavy atom. The number of nitrogen functional groups attached to an aromatic ring is 2. The average molecular weight is 387 g/mol. The lowest BCUT2D eigenvalue weighted by atomic mass is 9.60. The third-order valence-corrected chi connectivity index (χ3v) is 6.29. The van der Waals surface area contributed by atoms with Crippen LogP contribution in [0.1, 0.15) is 36.9 Å². The van der Waals surface area contributed by atoms with Gasteiger partial charge in [-0.15, -0.1) is 0 Å². The molecular formula is C18H23ClN8. The summed E-state index contributed by atoms with van der Waals surface area (Å²) in [6, 6.07) is 1.86. The van der Waals surface area contributed by atoms with Crippen LogP contribution in [0.4, 0.5) is 17.5 Å². The van der Waals surface area contributed by atoms with Crippen LogP contribution in [0, 0.1) is 10.8 Å². The maximum absolute atomic E-state index is 8.39. The van der Waals surface area contributed by atoms with Gasteiger partial charge in [-0.1, -0.05) is 11.6 Å². The smallest absolute Gasteiger partial charge is 0.154 e. The van der Waals surface area contributed by atoms with Crippen LogP contribution in [0.3, 0.4) is 0 Å². The largest absolute Gasteiger partial charge is 0.384 e. The quantitative estimate of drug-likeness (QED) is 0.588. The topological polar surface area (TPSA) is 144 Å². The normalized spacial score (nSPS) is 21.1. The molecule has 0 aromatic carbocycles. The van der Waals surface area contributed by atoms with Crippen LogP contribution in [-0.2, 0) is 0 Å². The van der Waals surface area contributed by atoms with E-state index in [1.165, 1.54) is 18.7 Å². The molecule has 1 saturated heterocycles. The van der Waals surface area contributed by atoms with Crippen molar-refractivity contribution in [2.45, 2.75) is 31.7 Å². The Morgan fingerprint density at radius 1 is 1.19 bits per heavy atom. The van der Waals surface area contributed by atoms with E-state index in [9.17, 15) is 0 Å². The highest BCUT2D eigenvalue weighted by Gasteiger charge is 2.46. The first-order chi connectivity index (χ1) is 12.9. The number of hydrogen-bond donors (Lipinski definition) is 4. The van der Waals surface area contributed by atoms with Crippen molar-refractivity contribution < 1.29 is 0 Å². The number of anilines is 3. The Kier molecular flexibility index (Phi) is 4.39. The molecular weight excluding hydrogens is 364 g/mol. The van der Waals surface area contributed by atoms with Crippen LogP contribution < -0.4 is 22.1 Å². The lowest BCUT2D eigenvalue weighted by Crippen LogP contribution is -2.56. The molecule has 4 rings (SSSR count). The summed E-state index contributed by atoms with van der Waals surface area (Å²) in [6.07, 6.45) is 7.57. The SMILES string of the molecule is N=C(c1cc(N)ncc1Cl)c1ncc(N2CCC3(CCC3N)CC2)nc1N. The van der Waals surface area contributed by atoms with Crippen molar-refractivity contribution in [3.63, 3.8) is 0 Å². The second-order valence-corrected chi connectivity index (χ2v) is 7.83. The molecule has 1 aliphatic carbocycles. The van der Waals surface area contributed by atoms with Gasteiger partial charge in [-0.05, 0) is 37.2 Å². The molecule has 2 aliphatic rings. The van der Waals surface area contributed by atoms with E-state index in [4.69, 9.17) is 34.2 Å². The number of nitrogens with zero attached hydrogens (tertiary/aromatic N) is 4. The number of halogens is 1. The third-order valence-electron chi connectivity index (χ3n) is 5.99. The molecule has 1 spiro atoms. The molecule has 7 N–H and O–H groups in total. The van der Waals surface area contributed by atoms with E-state index >= 15 is 0 Å². The molecule has 1 saturated carbocycles. The fraction of sp³-hybridized carbons (Fsp3) is 0.444. The first kappa shape index (κ1) is 17.9. The van der Waals surface area contributed by atoms with E-state index < -0.39 is 0 Å². The van der Waals surface area contributed by atoms with Gasteiger partial charge in [-0.25, -0.2) is 15.0 Å². The number of piperidine rings is 1. The molecule has 1 unspecified atom stereocenters. The van der Waals surface area contributed by atoms with Crippen molar-refractivity contribution in [2.75, 3.05) is 29.5 Å². The molecule has 0 bridgehead atoms. The molecule has 27 heavy (non-hydrogen) atoms. The predicted molar refractivity (Wildman–Crippen MR) is 107 cm³/mol. The fourth-order valence-corrected chi connectivity index (χ4v) is 4.23. The zero-order chi connectivity index (χ0) is 19.2. The molecule has 8 nitrogen and oxygen atoms in total. The summed E-state index contributed by atoms with van der Waals surface area (Å²) in [7, 11) is 0. The molecule has 1 aliphatic heterocycles. The van der Waals surface area contributed by atoms with Crippen LogP contribution in [0.15, 0.2) is 18.5 Å². The minimum absolute atomic E-state index is 0.0729. The van der Waals surface area contributed by atoms with Gasteiger partial charge in [0.2, 0.25) is 0 Å². The van der Waals surface area contributed by atoms with Crippen molar-refractivity contribution in [2.24, 2.45) is 11.1 Å². The zero-order valence-electron chi connectivity index (χ0n) is 15.0. The van der Waals surface area contributed by atoms with E-state index in [0.29, 0.717) is 22.0 Å². The highest BCUT2D eigenvalue weighted by molar-refractivity contribution is 6.35. The summed E-state index contributed by atoms with van der Waals surface area (Å²) in [5.41, 5.74) is 19.1. The van der Waals surface area contributed by atoms with E-state index in [0.717, 1.165) is 38.2 Å². The van der Waals surface area contributed by atoms with Gasteiger partial charge in [0.15, 0.2) is 5.82 Å². The molecule has 3 heterocycles. The Bertz CT molecular complexity index is 891. The van der Waals surface area contributed by atoms with Gasteiger partial charge in [0, 0.05) is 30.9 Å². The van der Waals surface area contributed by atoms with Crippen molar-refractivity contribution >= 4 is 34.8 Å². The molecule has 2 aromatic heterocycles. The van der Waals surface area contributed by atoms with Crippen molar-refractivity contribution in [1.82, 2.24) is 15.0 Å². The second kappa shape index (κ2) is 6.61. The predicted octanol–water partition coefficient (Wildman–Crippen LogP) is 1.81. The molecule has 142 valence electrons. The van der Waals surface area contributed by atoms with Crippen molar-refractivity contribution in [3.8, 4) is 0 Å². The van der Waals surface area contributed by atoms with E-state index in [1.54, 1.807) is 6.20 Å². The molecule has 0 radical (unpaired) electrons. The first-order valence-corrected chi connectivity index (χ1v) is 9.41. The summed E-state index contributed by atoms with van der Waals surface area (Å²) in [5, 5.41) is 8.71. The fourth-order valence-electron chi connectivity index (χ4n) is 4.03. The van der Waals surface area contributed by atoms with Crippen LogP contribution in [-0.4, -0.2) is 39.8 Å². The molecule has 2 aromatic rings. The Labute approximate surface area is 162 Å². The molecule has 0 amide bonds. The summed E-state index contributed by atoms with van der Waals surface area (Å²) >= 11 is 6.14. The maximum atomic E-state index is 8.39. The summed E-state index contributed by atoms with van der Waals surface area (Å²) in [4.78, 5) is 15.0. The number of pyridine rings is 1. The van der Waals surface area contributed by atoms with Gasteiger partial charge in [-0.2, -0.15) is 0 Å². The van der Waals surface area contributed by atoms with Gasteiger partial charge in [0.05, 0.1) is 16.9 Å². The standard InChI is InChI=1S/C18H23ClN8/c19-11-8-24-13(21)7-10(11)15(22)16-17(23)26-14(9-25-16)27-5-3-18(4-6-27)2-1-12(18)20/h7-9,12,22H,1-6,20H2,(H2,21,24)(H2,23,26). The number of aromatic nitrogens is 3. The highest BCUT2D eigenvalue weighted by atomic mass is 35.5. The van der Waals surface area contributed by atoms with E-state index in [2.05, 4.69) is 19.9 Å². The third kappa shape index (κ3) is 3.08. The van der Waals surface area contributed by atoms with Crippen LogP contribution >= 0.6 is 11.6 Å². The summed E-state index contributed by atoms with van der Waals surface area (Å²) < 4.78 is 0. The highest BCUT2D eigenvalue weighted by Crippen LogP contribution is 2.48. The van der Waals surface area contributed by atoms with E-state index in [1.807, 2.05) is 0 Å². The van der Waals surface area contributed by atoms with Crippen LogP contribution in [0.25, 0.3) is 0 Å². The minimum Gasteiger partial charge on any atom is -0.384 e. The Hall–Kier alpha value is -2.45. The van der Waals surface area contributed by atoms with Gasteiger partial charge in [0.1, 0.15) is 17.3 Å². The van der Waals surface area contributed by atoms with Gasteiger partial charge >= 0.3 is 0 Å². The maximum Gasteiger partial charge on any atom is 0.154 e. The van der Waals surface area contributed by atoms with Gasteiger partial charge < -0.3 is 22.1 Å². The number of rotatable bonds is 3. The van der Waals surface area contributed by atoms with Gasteiger partial charge in [-0.3, -0.25) is 5.41 Å². The van der Waals surface area contributed by atoms with Crippen molar-refractivity contribution in [3.05, 3.63) is 34.7 Å². The molecule has 2 fully saturated rings. The Morgan fingerprint density at radius 2 is 1.93 bits per heavy atom. The lowest BCUT2D eigenvalue weighted by Gasteiger charge is -2.52. The number of hydrogen-bond acceptors (Lipinski definition) is 8. The van der Waals surface area contributed by atoms with Crippen LogP contribution in [0.2, 0.25) is 5.02 Å². The average Bonchev–Trinajstić information content (AvgIpc) is 2.68. The second-order valence-electron chi connectivity index (χ2n) is 7.42. The first-order valence-electron chi connectivity index (χ1n) is 9.03. The van der Waals surface area contributed by atoms with Crippen LogP contribution in [0.5, 0.6) is 0 Å². The van der Waals surface area contributed by atoms with Gasteiger partial charge in [0.25, 0.3) is 0 Å². The zero-order valence-corrected chi connectivity index (χ0v) is 15.7. The lowest BCUT2D eigenvalue weighted by molar-refractivity contribution is 0.0610. The monoisotopic (exact) mass is 386 g/mol. The molecule has 1 atom stereocenters. The summed E-state index contributed by atoms with van der Waals surface area (Å²) in [5.74, 6) is 1.20. The van der Waals surface area contributed by atoms with E-state index in [-0.39, 0.29) is 23.0 Å². The summed E-state index contributed by atoms with van der Waals surface area (Å²) in [6.45, 7) is 1.79. The van der Waals surface area contributed by atoms with Crippen molar-refractivity contribution in [1.29, 1.82) is 5.41 Å².